The van der Waals surface area contributed by atoms with Gasteiger partial charge in [-0.2, -0.15) is 0 Å². The third kappa shape index (κ3) is 6.46. The molecule has 0 unspecified atom stereocenters. The molecule has 0 radical (unpaired) electrons. The number of allylic oxidation sites excluding steroid dienone is 1. The van der Waals surface area contributed by atoms with Crippen LogP contribution in [0.2, 0.25) is 0 Å². The second kappa shape index (κ2) is 13.8. The Balaban J connectivity index is 0.000000198. The molecule has 4 aromatic carbocycles. The monoisotopic (exact) mass is 582 g/mol. The van der Waals surface area contributed by atoms with Crippen molar-refractivity contribution in [3.05, 3.63) is 119 Å². The maximum atomic E-state index is 12.8. The van der Waals surface area contributed by atoms with Crippen LogP contribution < -0.4 is 24.4 Å². The lowest BCUT2D eigenvalue weighted by Crippen LogP contribution is -2.07. The Hall–Kier alpha value is -5.70. The maximum Gasteiger partial charge on any atom is 0.200 e. The molecule has 220 valence electrons. The van der Waals surface area contributed by atoms with Crippen molar-refractivity contribution in [2.24, 2.45) is 0 Å². The highest BCUT2D eigenvalue weighted by Gasteiger charge is 2.22. The van der Waals surface area contributed by atoms with Gasteiger partial charge in [-0.05, 0) is 36.4 Å². The van der Waals surface area contributed by atoms with Gasteiger partial charge in [0.1, 0.15) is 40.6 Å². The Morgan fingerprint density at radius 3 is 2.05 bits per heavy atom. The normalized spacial score (nSPS) is 10.8. The number of methoxy groups -OCH3 is 4. The number of hydrogen-bond acceptors (Lipinski definition) is 9. The number of carbonyl (C=O) groups excluding carboxylic acids is 1. The van der Waals surface area contributed by atoms with E-state index in [0.717, 1.165) is 6.26 Å². The second-order valence-corrected chi connectivity index (χ2v) is 9.00. The second-order valence-electron chi connectivity index (χ2n) is 9.00. The van der Waals surface area contributed by atoms with Gasteiger partial charge in [-0.3, -0.25) is 9.59 Å². The number of para-hydroxylation sites is 2. The van der Waals surface area contributed by atoms with Crippen LogP contribution in [-0.4, -0.2) is 44.4 Å². The van der Waals surface area contributed by atoms with Gasteiger partial charge in [0.05, 0.1) is 56.8 Å². The fourth-order valence-corrected chi connectivity index (χ4v) is 4.37. The van der Waals surface area contributed by atoms with Gasteiger partial charge in [0, 0.05) is 23.3 Å². The largest absolute Gasteiger partial charge is 0.515 e. The first kappa shape index (κ1) is 30.3. The maximum absolute atomic E-state index is 12.8. The van der Waals surface area contributed by atoms with Crippen LogP contribution in [0, 0.1) is 0 Å². The summed E-state index contributed by atoms with van der Waals surface area (Å²) in [4.78, 5) is 25.3. The van der Waals surface area contributed by atoms with Crippen LogP contribution in [0.15, 0.2) is 107 Å². The zero-order chi connectivity index (χ0) is 30.9. The number of phenolic OH excluding ortho intramolecular Hbond substituents is 1. The summed E-state index contributed by atoms with van der Waals surface area (Å²) >= 11 is 0. The van der Waals surface area contributed by atoms with Crippen LogP contribution in [0.1, 0.15) is 15.9 Å². The number of aliphatic hydroxyl groups excluding tert-OH is 1. The van der Waals surface area contributed by atoms with E-state index < -0.39 is 0 Å². The molecule has 2 N–H and O–H groups in total. The van der Waals surface area contributed by atoms with Crippen molar-refractivity contribution in [1.29, 1.82) is 0 Å². The predicted octanol–water partition coefficient (Wildman–Crippen LogP) is 6.67. The van der Waals surface area contributed by atoms with Gasteiger partial charge in [0.25, 0.3) is 0 Å². The van der Waals surface area contributed by atoms with Crippen molar-refractivity contribution in [1.82, 2.24) is 0 Å². The smallest absolute Gasteiger partial charge is 0.200 e. The number of ketones is 1. The lowest BCUT2D eigenvalue weighted by atomic mass is 9.96. The van der Waals surface area contributed by atoms with Crippen LogP contribution in [0.4, 0.5) is 0 Å². The number of benzene rings is 4. The lowest BCUT2D eigenvalue weighted by Gasteiger charge is -2.13. The van der Waals surface area contributed by atoms with Crippen molar-refractivity contribution in [3.63, 3.8) is 0 Å². The third-order valence-corrected chi connectivity index (χ3v) is 6.60. The summed E-state index contributed by atoms with van der Waals surface area (Å²) in [6.45, 7) is 0. The van der Waals surface area contributed by atoms with E-state index in [-0.39, 0.29) is 22.5 Å². The van der Waals surface area contributed by atoms with Crippen molar-refractivity contribution in [3.8, 4) is 39.9 Å². The molecule has 1 heterocycles. The Bertz CT molecular complexity index is 1840. The van der Waals surface area contributed by atoms with E-state index >= 15 is 0 Å². The van der Waals surface area contributed by atoms with E-state index in [1.54, 1.807) is 86.0 Å². The van der Waals surface area contributed by atoms with E-state index in [4.69, 9.17) is 23.4 Å². The molecule has 5 aromatic rings. The summed E-state index contributed by atoms with van der Waals surface area (Å²) in [5, 5.41) is 19.9. The summed E-state index contributed by atoms with van der Waals surface area (Å²) in [6, 6.07) is 23.5. The first-order valence-electron chi connectivity index (χ1n) is 13.0. The van der Waals surface area contributed by atoms with Gasteiger partial charge in [0.15, 0.2) is 0 Å². The highest BCUT2D eigenvalue weighted by atomic mass is 16.5. The zero-order valence-corrected chi connectivity index (χ0v) is 24.0. The first-order valence-corrected chi connectivity index (χ1v) is 13.0. The number of aromatic hydroxyl groups is 1. The molecule has 43 heavy (non-hydrogen) atoms. The molecule has 1 aromatic heterocycles. The minimum Gasteiger partial charge on any atom is -0.515 e. The minimum atomic E-state index is -0.378. The number of fused-ring (bicyclic) bond motifs is 1. The quantitative estimate of drug-likeness (QED) is 0.117. The average molecular weight is 583 g/mol. The van der Waals surface area contributed by atoms with Crippen LogP contribution in [0.5, 0.6) is 28.7 Å². The summed E-state index contributed by atoms with van der Waals surface area (Å²) in [7, 11) is 6.06. The van der Waals surface area contributed by atoms with Crippen molar-refractivity contribution in [2.45, 2.75) is 0 Å². The summed E-state index contributed by atoms with van der Waals surface area (Å²) < 4.78 is 26.2. The van der Waals surface area contributed by atoms with E-state index in [1.807, 2.05) is 0 Å². The molecule has 9 heteroatoms. The molecule has 9 nitrogen and oxygen atoms in total. The molecule has 0 aliphatic rings. The molecule has 5 rings (SSSR count). The van der Waals surface area contributed by atoms with Crippen LogP contribution in [-0.2, 0) is 0 Å². The summed E-state index contributed by atoms with van der Waals surface area (Å²) in [5.74, 6) is 1.72. The number of Topliss-reactive ketones (excluding diaryl/α,β-unsaturated/α-hetero) is 1. The van der Waals surface area contributed by atoms with Crippen molar-refractivity contribution in [2.75, 3.05) is 28.4 Å². The molecular formula is C34H30O9. The number of rotatable bonds is 8. The van der Waals surface area contributed by atoms with Gasteiger partial charge in [-0.1, -0.05) is 36.4 Å². The summed E-state index contributed by atoms with van der Waals surface area (Å²) in [5.41, 5.74) is 1.99. The fraction of sp³-hybridized carbons (Fsp3) is 0.118. The molecule has 0 saturated heterocycles. The molecule has 0 aliphatic heterocycles. The molecule has 0 fully saturated rings. The molecule has 0 bridgehead atoms. The first-order chi connectivity index (χ1) is 20.9. The third-order valence-electron chi connectivity index (χ3n) is 6.60. The van der Waals surface area contributed by atoms with Crippen molar-refractivity contribution >= 4 is 22.3 Å². The van der Waals surface area contributed by atoms with Gasteiger partial charge in [0.2, 0.25) is 11.2 Å². The van der Waals surface area contributed by atoms with Gasteiger partial charge >= 0.3 is 0 Å². The zero-order valence-electron chi connectivity index (χ0n) is 24.0. The number of carbonyl (C=O) groups is 1. The van der Waals surface area contributed by atoms with Crippen molar-refractivity contribution < 1.29 is 38.4 Å². The Kier molecular flexibility index (Phi) is 9.70. The van der Waals surface area contributed by atoms with E-state index in [0.29, 0.717) is 56.2 Å². The lowest BCUT2D eigenvalue weighted by molar-refractivity contribution is 0.105. The molecule has 0 atom stereocenters. The average Bonchev–Trinajstić information content (AvgIpc) is 3.05. The highest BCUT2D eigenvalue weighted by Crippen LogP contribution is 2.33. The number of aliphatic hydroxyl groups is 1. The summed E-state index contributed by atoms with van der Waals surface area (Å²) in [6.07, 6.45) is 2.14. The highest BCUT2D eigenvalue weighted by molar-refractivity contribution is 6.30. The topological polar surface area (TPSA) is 125 Å². The molecule has 0 aliphatic carbocycles. The van der Waals surface area contributed by atoms with Gasteiger partial charge < -0.3 is 33.6 Å². The number of phenols is 1. The molecular weight excluding hydrogens is 552 g/mol. The van der Waals surface area contributed by atoms with E-state index in [9.17, 15) is 19.8 Å². The molecule has 0 saturated carbocycles. The minimum absolute atomic E-state index is 0.0488. The predicted molar refractivity (Wildman–Crippen MR) is 164 cm³/mol. The number of ether oxygens (including phenoxy) is 4. The van der Waals surface area contributed by atoms with Crippen LogP contribution in [0.25, 0.3) is 27.7 Å². The Morgan fingerprint density at radius 1 is 0.721 bits per heavy atom. The fourth-order valence-electron chi connectivity index (χ4n) is 4.37. The SMILES string of the molecule is COc1ccc(C(=O)/C(=C/O)c2ccccc2OC)c(OC)c1.COc1ccc2c(=O)c(-c3ccccc3O)coc2c1. The number of hydrogen-bond donors (Lipinski definition) is 2. The van der Waals surface area contributed by atoms with E-state index in [1.165, 1.54) is 33.7 Å². The van der Waals surface area contributed by atoms with Gasteiger partial charge in [-0.15, -0.1) is 0 Å². The standard InChI is InChI=1S/C18H18O5.C16H12O4/c1-21-12-8-9-14(17(10-12)23-3)18(20)15(11-19)13-6-4-5-7-16(13)22-2;1-19-10-6-7-12-15(8-10)20-9-13(16(12)18)11-4-2-3-5-14(11)17/h4-11,19H,1-3H3;2-9,17H,1H3/b15-11+;. The molecule has 0 amide bonds. The Labute approximate surface area is 247 Å². The molecule has 0 spiro atoms. The van der Waals surface area contributed by atoms with Crippen LogP contribution in [0.3, 0.4) is 0 Å². The van der Waals surface area contributed by atoms with Crippen LogP contribution >= 0.6 is 0 Å². The van der Waals surface area contributed by atoms with Gasteiger partial charge in [-0.25, -0.2) is 0 Å². The Morgan fingerprint density at radius 2 is 1.37 bits per heavy atom. The van der Waals surface area contributed by atoms with E-state index in [2.05, 4.69) is 0 Å².